The van der Waals surface area contributed by atoms with Gasteiger partial charge in [-0.15, -0.1) is 0 Å². The Bertz CT molecular complexity index is 490. The topological polar surface area (TPSA) is 79.2 Å². The summed E-state index contributed by atoms with van der Waals surface area (Å²) in [6, 6.07) is 0. The van der Waals surface area contributed by atoms with Crippen LogP contribution in [0.2, 0.25) is 0 Å². The molecule has 1 heterocycles. The summed E-state index contributed by atoms with van der Waals surface area (Å²) in [5.74, 6) is 0. The number of aryl methyl sites for hydroxylation is 1. The van der Waals surface area contributed by atoms with Crippen LogP contribution in [-0.2, 0) is 17.8 Å². The first-order valence-corrected chi connectivity index (χ1v) is 6.29. The summed E-state index contributed by atoms with van der Waals surface area (Å²) in [4.78, 5) is 23.8. The SMILES string of the molecule is CCCn1cc(N)c(=O)n(CCCOCC)c1=O. The lowest BCUT2D eigenvalue weighted by atomic mass is 10.4. The van der Waals surface area contributed by atoms with Crippen LogP contribution in [-0.4, -0.2) is 22.3 Å². The fourth-order valence-corrected chi connectivity index (χ4v) is 1.74. The lowest BCUT2D eigenvalue weighted by molar-refractivity contribution is 0.141. The molecule has 0 unspecified atom stereocenters. The van der Waals surface area contributed by atoms with E-state index in [1.807, 2.05) is 13.8 Å². The molecule has 0 bridgehead atoms. The smallest absolute Gasteiger partial charge is 0.331 e. The van der Waals surface area contributed by atoms with Crippen molar-refractivity contribution in [1.82, 2.24) is 9.13 Å². The van der Waals surface area contributed by atoms with Gasteiger partial charge < -0.3 is 10.5 Å². The monoisotopic (exact) mass is 255 g/mol. The molecule has 18 heavy (non-hydrogen) atoms. The predicted molar refractivity (Wildman–Crippen MR) is 70.8 cm³/mol. The lowest BCUT2D eigenvalue weighted by Crippen LogP contribution is -2.40. The maximum atomic E-state index is 12.0. The quantitative estimate of drug-likeness (QED) is 0.716. The number of ether oxygens (including phenoxy) is 1. The third-order valence-electron chi connectivity index (χ3n) is 2.60. The first kappa shape index (κ1) is 14.5. The zero-order valence-corrected chi connectivity index (χ0v) is 11.0. The lowest BCUT2D eigenvalue weighted by Gasteiger charge is -2.10. The van der Waals surface area contributed by atoms with Gasteiger partial charge in [0.05, 0.1) is 0 Å². The number of hydrogen-bond donors (Lipinski definition) is 1. The van der Waals surface area contributed by atoms with Gasteiger partial charge in [-0.25, -0.2) is 4.79 Å². The third kappa shape index (κ3) is 3.46. The van der Waals surface area contributed by atoms with Gasteiger partial charge in [0.25, 0.3) is 5.56 Å². The molecular formula is C12H21N3O3. The summed E-state index contributed by atoms with van der Waals surface area (Å²) < 4.78 is 7.86. The van der Waals surface area contributed by atoms with Crippen LogP contribution in [0.4, 0.5) is 5.69 Å². The molecule has 0 aromatic carbocycles. The van der Waals surface area contributed by atoms with Crippen molar-refractivity contribution in [1.29, 1.82) is 0 Å². The van der Waals surface area contributed by atoms with Crippen molar-refractivity contribution in [3.63, 3.8) is 0 Å². The second-order valence-corrected chi connectivity index (χ2v) is 4.07. The highest BCUT2D eigenvalue weighted by Crippen LogP contribution is 1.93. The number of hydrogen-bond acceptors (Lipinski definition) is 4. The molecule has 1 rings (SSSR count). The minimum Gasteiger partial charge on any atom is -0.393 e. The summed E-state index contributed by atoms with van der Waals surface area (Å²) in [7, 11) is 0. The molecule has 0 aliphatic carbocycles. The van der Waals surface area contributed by atoms with E-state index in [9.17, 15) is 9.59 Å². The van der Waals surface area contributed by atoms with E-state index in [0.29, 0.717) is 32.7 Å². The Kier molecular flexibility index (Phi) is 5.64. The van der Waals surface area contributed by atoms with E-state index in [0.717, 1.165) is 6.42 Å². The summed E-state index contributed by atoms with van der Waals surface area (Å²) in [6.07, 6.45) is 2.86. The predicted octanol–water partition coefficient (Wildman–Crippen LogP) is 0.429. The molecule has 0 fully saturated rings. The fraction of sp³-hybridized carbons (Fsp3) is 0.667. The van der Waals surface area contributed by atoms with Gasteiger partial charge in [0, 0.05) is 32.5 Å². The van der Waals surface area contributed by atoms with Crippen molar-refractivity contribution in [2.75, 3.05) is 18.9 Å². The Hall–Kier alpha value is -1.56. The van der Waals surface area contributed by atoms with Crippen molar-refractivity contribution < 1.29 is 4.74 Å². The number of rotatable bonds is 7. The first-order valence-electron chi connectivity index (χ1n) is 6.29. The summed E-state index contributed by atoms with van der Waals surface area (Å²) >= 11 is 0. The van der Waals surface area contributed by atoms with Crippen LogP contribution >= 0.6 is 0 Å². The molecule has 0 saturated carbocycles. The number of anilines is 1. The highest BCUT2D eigenvalue weighted by Gasteiger charge is 2.08. The normalized spacial score (nSPS) is 10.8. The summed E-state index contributed by atoms with van der Waals surface area (Å²) in [6.45, 7) is 5.94. The van der Waals surface area contributed by atoms with Gasteiger partial charge in [-0.05, 0) is 19.8 Å². The molecule has 6 heteroatoms. The van der Waals surface area contributed by atoms with Crippen LogP contribution in [0.3, 0.4) is 0 Å². The van der Waals surface area contributed by atoms with Crippen LogP contribution in [0.1, 0.15) is 26.7 Å². The minimum atomic E-state index is -0.413. The Morgan fingerprint density at radius 3 is 2.61 bits per heavy atom. The maximum absolute atomic E-state index is 12.0. The number of aromatic nitrogens is 2. The Morgan fingerprint density at radius 2 is 2.00 bits per heavy atom. The summed E-state index contributed by atoms with van der Waals surface area (Å²) in [5, 5.41) is 0. The van der Waals surface area contributed by atoms with Gasteiger partial charge in [-0.2, -0.15) is 0 Å². The first-order chi connectivity index (χ1) is 8.61. The maximum Gasteiger partial charge on any atom is 0.331 e. The molecule has 0 atom stereocenters. The van der Waals surface area contributed by atoms with Gasteiger partial charge in [0.1, 0.15) is 5.69 Å². The van der Waals surface area contributed by atoms with Crippen molar-refractivity contribution in [3.8, 4) is 0 Å². The van der Waals surface area contributed by atoms with Gasteiger partial charge in [-0.1, -0.05) is 6.92 Å². The van der Waals surface area contributed by atoms with E-state index >= 15 is 0 Å². The van der Waals surface area contributed by atoms with E-state index in [2.05, 4.69) is 0 Å². The second kappa shape index (κ2) is 7.00. The second-order valence-electron chi connectivity index (χ2n) is 4.07. The highest BCUT2D eigenvalue weighted by molar-refractivity contribution is 5.30. The largest absolute Gasteiger partial charge is 0.393 e. The highest BCUT2D eigenvalue weighted by atomic mass is 16.5. The standard InChI is InChI=1S/C12H21N3O3/c1-3-6-14-9-10(13)11(16)15(12(14)17)7-5-8-18-4-2/h9H,3-8,13H2,1-2H3. The van der Waals surface area contributed by atoms with Crippen molar-refractivity contribution in [2.45, 2.75) is 39.8 Å². The number of nitrogens with two attached hydrogens (primary N) is 1. The molecule has 0 saturated heterocycles. The zero-order chi connectivity index (χ0) is 13.5. The summed E-state index contributed by atoms with van der Waals surface area (Å²) in [5.41, 5.74) is 5.03. The third-order valence-corrected chi connectivity index (χ3v) is 2.60. The van der Waals surface area contributed by atoms with Crippen LogP contribution in [0.15, 0.2) is 15.8 Å². The Balaban J connectivity index is 2.94. The van der Waals surface area contributed by atoms with E-state index in [1.165, 1.54) is 15.3 Å². The molecular weight excluding hydrogens is 234 g/mol. The minimum absolute atomic E-state index is 0.111. The molecule has 0 spiro atoms. The van der Waals surface area contributed by atoms with Gasteiger partial charge in [0.15, 0.2) is 0 Å². The van der Waals surface area contributed by atoms with E-state index in [4.69, 9.17) is 10.5 Å². The molecule has 6 nitrogen and oxygen atoms in total. The molecule has 102 valence electrons. The van der Waals surface area contributed by atoms with Gasteiger partial charge in [-0.3, -0.25) is 13.9 Å². The average Bonchev–Trinajstić information content (AvgIpc) is 2.35. The van der Waals surface area contributed by atoms with Gasteiger partial charge in [0.2, 0.25) is 0 Å². The Labute approximate surface area is 106 Å². The molecule has 0 aliphatic rings. The van der Waals surface area contributed by atoms with Gasteiger partial charge >= 0.3 is 5.69 Å². The van der Waals surface area contributed by atoms with Crippen LogP contribution in [0, 0.1) is 0 Å². The Morgan fingerprint density at radius 1 is 1.28 bits per heavy atom. The van der Waals surface area contributed by atoms with Crippen LogP contribution in [0.25, 0.3) is 0 Å². The van der Waals surface area contributed by atoms with Crippen LogP contribution < -0.4 is 17.0 Å². The van der Waals surface area contributed by atoms with E-state index in [1.54, 1.807) is 0 Å². The molecule has 2 N–H and O–H groups in total. The average molecular weight is 255 g/mol. The molecule has 1 aromatic rings. The van der Waals surface area contributed by atoms with Crippen molar-refractivity contribution >= 4 is 5.69 Å². The fourth-order valence-electron chi connectivity index (χ4n) is 1.74. The van der Waals surface area contributed by atoms with Crippen LogP contribution in [0.5, 0.6) is 0 Å². The van der Waals surface area contributed by atoms with Crippen molar-refractivity contribution in [3.05, 3.63) is 27.0 Å². The van der Waals surface area contributed by atoms with E-state index in [-0.39, 0.29) is 11.4 Å². The zero-order valence-electron chi connectivity index (χ0n) is 11.0. The van der Waals surface area contributed by atoms with Crippen molar-refractivity contribution in [2.24, 2.45) is 0 Å². The number of nitrogen functional groups attached to an aromatic ring is 1. The molecule has 1 aromatic heterocycles. The number of nitrogens with zero attached hydrogens (tertiary/aromatic N) is 2. The molecule has 0 aliphatic heterocycles. The molecule has 0 radical (unpaired) electrons. The molecule has 0 amide bonds. The van der Waals surface area contributed by atoms with E-state index < -0.39 is 5.56 Å².